The molecule has 0 bridgehead atoms. The van der Waals surface area contributed by atoms with Crippen molar-refractivity contribution in [2.45, 2.75) is 51.0 Å². The smallest absolute Gasteiger partial charge is 0.343 e. The molecule has 226 valence electrons. The molecule has 0 radical (unpaired) electrons. The second-order valence-electron chi connectivity index (χ2n) is 11.2. The van der Waals surface area contributed by atoms with E-state index in [2.05, 4.69) is 15.5 Å². The summed E-state index contributed by atoms with van der Waals surface area (Å²) in [5.74, 6) is -1.54. The fourth-order valence-corrected chi connectivity index (χ4v) is 6.54. The predicted octanol–water partition coefficient (Wildman–Crippen LogP) is 3.87. The zero-order valence-corrected chi connectivity index (χ0v) is 23.7. The second kappa shape index (κ2) is 11.2. The van der Waals surface area contributed by atoms with Gasteiger partial charge in [0.05, 0.1) is 28.2 Å². The van der Waals surface area contributed by atoms with Gasteiger partial charge in [0, 0.05) is 44.0 Å². The number of aromatic nitrogens is 2. The number of piperidine rings is 1. The normalized spacial score (nSPS) is 20.0. The number of hydrogen-bond donors (Lipinski definition) is 2. The number of imide groups is 1. The Hall–Kier alpha value is -4.13. The molecule has 43 heavy (non-hydrogen) atoms. The summed E-state index contributed by atoms with van der Waals surface area (Å²) in [6.07, 6.45) is -1.61. The maximum atomic E-state index is 14.0. The third-order valence-electron chi connectivity index (χ3n) is 8.52. The predicted molar refractivity (Wildman–Crippen MR) is 148 cm³/mol. The van der Waals surface area contributed by atoms with Gasteiger partial charge in [0.25, 0.3) is 0 Å². The molecule has 2 saturated heterocycles. The Labute approximate surface area is 249 Å². The molecule has 14 heteroatoms. The maximum Gasteiger partial charge on any atom is 0.416 e. The molecule has 1 atom stereocenters. The zero-order chi connectivity index (χ0) is 30.5. The number of aromatic amines is 1. The van der Waals surface area contributed by atoms with Gasteiger partial charge in [0.15, 0.2) is 0 Å². The number of likely N-dealkylation sites (tertiary alicyclic amines) is 1. The molecule has 2 N–H and O–H groups in total. The van der Waals surface area contributed by atoms with Gasteiger partial charge in [-0.15, -0.1) is 0 Å². The van der Waals surface area contributed by atoms with Gasteiger partial charge < -0.3 is 14.7 Å². The summed E-state index contributed by atoms with van der Waals surface area (Å²) >= 11 is 6.51. The lowest BCUT2D eigenvalue weighted by Crippen LogP contribution is -2.48. The minimum atomic E-state index is -4.47. The van der Waals surface area contributed by atoms with Crippen LogP contribution in [0.25, 0.3) is 10.9 Å². The van der Waals surface area contributed by atoms with Crippen molar-refractivity contribution in [2.75, 3.05) is 19.6 Å². The first kappa shape index (κ1) is 29.0. The summed E-state index contributed by atoms with van der Waals surface area (Å²) in [5.41, 5.74) is 2.00. The third-order valence-corrected chi connectivity index (χ3v) is 8.82. The molecule has 10 nitrogen and oxygen atoms in total. The summed E-state index contributed by atoms with van der Waals surface area (Å²) < 4.78 is 39.3. The highest BCUT2D eigenvalue weighted by Crippen LogP contribution is 2.35. The monoisotopic (exact) mass is 616 g/mol. The van der Waals surface area contributed by atoms with E-state index in [0.29, 0.717) is 42.0 Å². The minimum absolute atomic E-state index is 0.00862. The lowest BCUT2D eigenvalue weighted by Gasteiger charge is -2.36. The number of rotatable bonds is 5. The SMILES string of the molecule is O=C1CN(C2CCN(C(=O)CC3Cc4cc(Cl)c5[nH]ncc5c4CN(Cc4ccc(C(F)(F)F)cc4)C3=O)CC2)C(=O)N1. The van der Waals surface area contributed by atoms with Crippen molar-refractivity contribution in [1.29, 1.82) is 0 Å². The Kier molecular flexibility index (Phi) is 7.53. The Morgan fingerprint density at radius 2 is 1.79 bits per heavy atom. The fraction of sp³-hybridized carbons (Fsp3) is 0.414. The quantitative estimate of drug-likeness (QED) is 0.422. The van der Waals surface area contributed by atoms with Crippen LogP contribution >= 0.6 is 11.6 Å². The van der Waals surface area contributed by atoms with Crippen LogP contribution in [0.3, 0.4) is 0 Å². The molecule has 5 amide bonds. The number of nitrogens with zero attached hydrogens (tertiary/aromatic N) is 4. The van der Waals surface area contributed by atoms with Crippen molar-refractivity contribution < 1.29 is 32.3 Å². The fourth-order valence-electron chi connectivity index (χ4n) is 6.26. The van der Waals surface area contributed by atoms with E-state index in [9.17, 15) is 32.3 Å². The first-order chi connectivity index (χ1) is 20.5. The van der Waals surface area contributed by atoms with E-state index in [4.69, 9.17) is 11.6 Å². The van der Waals surface area contributed by atoms with E-state index in [-0.39, 0.29) is 56.2 Å². The molecule has 2 aromatic carbocycles. The highest BCUT2D eigenvalue weighted by Gasteiger charge is 2.38. The molecule has 1 unspecified atom stereocenters. The summed E-state index contributed by atoms with van der Waals surface area (Å²) in [6.45, 7) is 1.01. The van der Waals surface area contributed by atoms with Gasteiger partial charge in [-0.25, -0.2) is 4.79 Å². The van der Waals surface area contributed by atoms with Crippen molar-refractivity contribution >= 4 is 46.3 Å². The standard InChI is InChI=1S/C29H28ClF3N6O4/c30-23-10-17-9-18(11-25(41)37-7-5-20(6-8-37)39-15-24(40)35-28(39)43)27(42)38(14-22(17)21-12-34-36-26(21)23)13-16-1-3-19(4-2-16)29(31,32)33/h1-4,10,12,18,20H,5-9,11,13-15H2,(H,34,36)(H,35,40,43). The van der Waals surface area contributed by atoms with Gasteiger partial charge in [-0.1, -0.05) is 23.7 Å². The molecule has 6 rings (SSSR count). The lowest BCUT2D eigenvalue weighted by molar-refractivity contribution is -0.142. The number of benzene rings is 2. The average Bonchev–Trinajstić information content (AvgIpc) is 3.57. The summed E-state index contributed by atoms with van der Waals surface area (Å²) in [5, 5.41) is 10.4. The number of urea groups is 1. The van der Waals surface area contributed by atoms with Gasteiger partial charge in [0.1, 0.15) is 6.54 Å². The minimum Gasteiger partial charge on any atom is -0.343 e. The average molecular weight is 617 g/mol. The summed E-state index contributed by atoms with van der Waals surface area (Å²) in [4.78, 5) is 55.8. The highest BCUT2D eigenvalue weighted by atomic mass is 35.5. The van der Waals surface area contributed by atoms with E-state index in [0.717, 1.165) is 28.6 Å². The van der Waals surface area contributed by atoms with Crippen LogP contribution in [0.1, 0.15) is 41.5 Å². The zero-order valence-electron chi connectivity index (χ0n) is 22.9. The van der Waals surface area contributed by atoms with E-state index < -0.39 is 23.7 Å². The van der Waals surface area contributed by atoms with Gasteiger partial charge in [-0.3, -0.25) is 24.8 Å². The second-order valence-corrected chi connectivity index (χ2v) is 11.6. The van der Waals surface area contributed by atoms with E-state index in [1.54, 1.807) is 22.1 Å². The Morgan fingerprint density at radius 3 is 2.44 bits per heavy atom. The van der Waals surface area contributed by atoms with Crippen LogP contribution in [0.15, 0.2) is 36.5 Å². The number of nitrogens with one attached hydrogen (secondary N) is 2. The van der Waals surface area contributed by atoms with Crippen LogP contribution < -0.4 is 5.32 Å². The first-order valence-corrected chi connectivity index (χ1v) is 14.3. The summed E-state index contributed by atoms with van der Waals surface area (Å²) in [7, 11) is 0. The Balaban J connectivity index is 1.22. The Bertz CT molecular complexity index is 1600. The van der Waals surface area contributed by atoms with E-state index in [1.165, 1.54) is 17.0 Å². The van der Waals surface area contributed by atoms with Crippen molar-refractivity contribution in [3.63, 3.8) is 0 Å². The highest BCUT2D eigenvalue weighted by molar-refractivity contribution is 6.35. The van der Waals surface area contributed by atoms with Gasteiger partial charge >= 0.3 is 12.2 Å². The third kappa shape index (κ3) is 5.77. The summed E-state index contributed by atoms with van der Waals surface area (Å²) in [6, 6.07) is 5.90. The van der Waals surface area contributed by atoms with Crippen LogP contribution in [-0.4, -0.2) is 74.3 Å². The van der Waals surface area contributed by atoms with Crippen LogP contribution in [0.5, 0.6) is 0 Å². The molecular formula is C29H28ClF3N6O4. The van der Waals surface area contributed by atoms with Gasteiger partial charge in [-0.2, -0.15) is 18.3 Å². The number of halogens is 4. The molecular weight excluding hydrogens is 589 g/mol. The lowest BCUT2D eigenvalue weighted by atomic mass is 9.92. The van der Waals surface area contributed by atoms with E-state index in [1.807, 2.05) is 0 Å². The molecule has 3 aliphatic heterocycles. The molecule has 0 aliphatic carbocycles. The number of H-pyrrole nitrogens is 1. The molecule has 3 aromatic rings. The molecule has 1 aromatic heterocycles. The number of amides is 5. The van der Waals surface area contributed by atoms with Crippen LogP contribution in [0.4, 0.5) is 18.0 Å². The van der Waals surface area contributed by atoms with Crippen LogP contribution in [0, 0.1) is 5.92 Å². The molecule has 3 aliphatic rings. The number of fused-ring (bicyclic) bond motifs is 3. The van der Waals surface area contributed by atoms with Crippen molar-refractivity contribution in [3.8, 4) is 0 Å². The van der Waals surface area contributed by atoms with E-state index >= 15 is 0 Å². The van der Waals surface area contributed by atoms with Crippen LogP contribution in [0.2, 0.25) is 5.02 Å². The number of carbonyl (C=O) groups excluding carboxylic acids is 4. The van der Waals surface area contributed by atoms with Crippen molar-refractivity contribution in [1.82, 2.24) is 30.2 Å². The number of carbonyl (C=O) groups is 4. The van der Waals surface area contributed by atoms with Crippen LogP contribution in [-0.2, 0) is 40.1 Å². The maximum absolute atomic E-state index is 14.0. The largest absolute Gasteiger partial charge is 0.416 e. The Morgan fingerprint density at radius 1 is 1.07 bits per heavy atom. The van der Waals surface area contributed by atoms with Crippen molar-refractivity contribution in [3.05, 3.63) is 63.8 Å². The molecule has 0 saturated carbocycles. The number of alkyl halides is 3. The molecule has 2 fully saturated rings. The first-order valence-electron chi connectivity index (χ1n) is 13.9. The molecule has 4 heterocycles. The molecule has 0 spiro atoms. The topological polar surface area (TPSA) is 119 Å². The number of hydrogen-bond acceptors (Lipinski definition) is 5. The van der Waals surface area contributed by atoms with Crippen molar-refractivity contribution in [2.24, 2.45) is 5.92 Å². The van der Waals surface area contributed by atoms with Gasteiger partial charge in [0.2, 0.25) is 17.7 Å². The van der Waals surface area contributed by atoms with Gasteiger partial charge in [-0.05, 0) is 54.2 Å².